The fourth-order valence-electron chi connectivity index (χ4n) is 3.10. The highest BCUT2D eigenvalue weighted by atomic mass is 35.5. The molecule has 3 rings (SSSR count). The number of ether oxygens (including phenoxy) is 1. The largest absolute Gasteiger partial charge is 0.489 e. The molecule has 0 spiro atoms. The molecule has 0 unspecified atom stereocenters. The molecule has 0 bridgehead atoms. The van der Waals surface area contributed by atoms with E-state index < -0.39 is 5.91 Å². The standard InChI is InChI=1S/C19H25ClN6O2.C2H6/c1-26-8-5-12(6-9-26)28-15-3-2-11(10-14(15)20)25-17(16(21)19(23)27)13-4-7-24-18(13)22;1-2/h2-4,7,10,12,24-25H,5-6,8-9,21-22H2,1H3,(H2,23,27);1-2H3/b17-16+;. The quantitative estimate of drug-likeness (QED) is 0.443. The summed E-state index contributed by atoms with van der Waals surface area (Å²) in [4.78, 5) is 16.7. The summed E-state index contributed by atoms with van der Waals surface area (Å²) in [6, 6.07) is 7.00. The highest BCUT2D eigenvalue weighted by molar-refractivity contribution is 6.32. The molecule has 1 fully saturated rings. The second kappa shape index (κ2) is 10.8. The normalized spacial score (nSPS) is 15.6. The lowest BCUT2D eigenvalue weighted by molar-refractivity contribution is -0.114. The number of likely N-dealkylation sites (tertiary alicyclic amines) is 1. The Labute approximate surface area is 182 Å². The second-order valence-corrected chi connectivity index (χ2v) is 7.26. The molecule has 1 saturated heterocycles. The predicted molar refractivity (Wildman–Crippen MR) is 123 cm³/mol. The zero-order chi connectivity index (χ0) is 22.3. The Balaban J connectivity index is 0.00000155. The molecule has 2 aromatic rings. The number of aromatic amines is 1. The summed E-state index contributed by atoms with van der Waals surface area (Å²) in [5, 5.41) is 3.55. The van der Waals surface area contributed by atoms with Crippen LogP contribution >= 0.6 is 11.6 Å². The van der Waals surface area contributed by atoms with Crippen molar-refractivity contribution in [2.45, 2.75) is 32.8 Å². The van der Waals surface area contributed by atoms with Crippen LogP contribution < -0.4 is 27.3 Å². The van der Waals surface area contributed by atoms with Gasteiger partial charge in [-0.05, 0) is 44.2 Å². The first-order valence-corrected chi connectivity index (χ1v) is 10.4. The number of rotatable bonds is 6. The minimum atomic E-state index is -0.753. The van der Waals surface area contributed by atoms with Gasteiger partial charge in [-0.15, -0.1) is 0 Å². The number of benzene rings is 1. The molecule has 0 aliphatic carbocycles. The van der Waals surface area contributed by atoms with Crippen LogP contribution in [0.4, 0.5) is 11.5 Å². The Morgan fingerprint density at radius 1 is 1.23 bits per heavy atom. The number of carbonyl (C=O) groups is 1. The van der Waals surface area contributed by atoms with E-state index in [4.69, 9.17) is 33.5 Å². The summed E-state index contributed by atoms with van der Waals surface area (Å²) in [6.07, 6.45) is 3.71. The van der Waals surface area contributed by atoms with Gasteiger partial charge in [0.2, 0.25) is 0 Å². The smallest absolute Gasteiger partial charge is 0.266 e. The van der Waals surface area contributed by atoms with E-state index in [9.17, 15) is 4.79 Å². The van der Waals surface area contributed by atoms with Gasteiger partial charge in [0.15, 0.2) is 0 Å². The van der Waals surface area contributed by atoms with Gasteiger partial charge in [-0.1, -0.05) is 25.4 Å². The van der Waals surface area contributed by atoms with Gasteiger partial charge in [-0.2, -0.15) is 0 Å². The number of anilines is 2. The predicted octanol–water partition coefficient (Wildman–Crippen LogP) is 2.97. The number of carbonyl (C=O) groups excluding carboxylic acids is 1. The van der Waals surface area contributed by atoms with Crippen molar-refractivity contribution in [1.29, 1.82) is 0 Å². The third kappa shape index (κ3) is 5.84. The first-order valence-electron chi connectivity index (χ1n) is 9.99. The highest BCUT2D eigenvalue weighted by Gasteiger charge is 2.20. The number of halogens is 1. The van der Waals surface area contributed by atoms with Crippen molar-refractivity contribution in [3.05, 3.63) is 46.7 Å². The van der Waals surface area contributed by atoms with E-state index in [1.54, 1.807) is 30.5 Å². The minimum Gasteiger partial charge on any atom is -0.489 e. The Morgan fingerprint density at radius 3 is 2.43 bits per heavy atom. The lowest BCUT2D eigenvalue weighted by Crippen LogP contribution is -2.35. The van der Waals surface area contributed by atoms with Crippen LogP contribution in [0, 0.1) is 0 Å². The van der Waals surface area contributed by atoms with Crippen molar-refractivity contribution < 1.29 is 9.53 Å². The van der Waals surface area contributed by atoms with Gasteiger partial charge in [0.1, 0.15) is 23.4 Å². The van der Waals surface area contributed by atoms with Crippen molar-refractivity contribution in [3.8, 4) is 5.75 Å². The molecular formula is C21H31ClN6O2. The van der Waals surface area contributed by atoms with Crippen LogP contribution in [-0.4, -0.2) is 42.0 Å². The molecule has 0 saturated carbocycles. The molecule has 1 aromatic carbocycles. The van der Waals surface area contributed by atoms with Gasteiger partial charge in [0.05, 0.1) is 10.7 Å². The number of H-pyrrole nitrogens is 1. The number of nitrogens with zero attached hydrogens (tertiary/aromatic N) is 1. The average Bonchev–Trinajstić information content (AvgIpc) is 3.16. The number of hydrogen-bond acceptors (Lipinski definition) is 6. The average molecular weight is 435 g/mol. The molecule has 1 aromatic heterocycles. The molecule has 9 heteroatoms. The van der Waals surface area contributed by atoms with Gasteiger partial charge in [0, 0.05) is 30.5 Å². The molecule has 1 aliphatic heterocycles. The molecule has 0 atom stereocenters. The van der Waals surface area contributed by atoms with Crippen LogP contribution in [0.5, 0.6) is 5.75 Å². The molecule has 8 N–H and O–H groups in total. The maximum absolute atomic E-state index is 11.6. The van der Waals surface area contributed by atoms with Crippen LogP contribution in [0.1, 0.15) is 32.3 Å². The minimum absolute atomic E-state index is 0.130. The number of amides is 1. The molecule has 2 heterocycles. The monoisotopic (exact) mass is 434 g/mol. The van der Waals surface area contributed by atoms with Crippen LogP contribution in [0.3, 0.4) is 0 Å². The summed E-state index contributed by atoms with van der Waals surface area (Å²) in [5.41, 5.74) is 18.5. The number of aromatic nitrogens is 1. The van der Waals surface area contributed by atoms with Crippen molar-refractivity contribution >= 4 is 34.7 Å². The number of nitrogens with one attached hydrogen (secondary N) is 2. The summed E-state index contributed by atoms with van der Waals surface area (Å²) >= 11 is 6.41. The van der Waals surface area contributed by atoms with Crippen LogP contribution in [0.25, 0.3) is 5.70 Å². The van der Waals surface area contributed by atoms with Crippen molar-refractivity contribution in [3.63, 3.8) is 0 Å². The van der Waals surface area contributed by atoms with Crippen molar-refractivity contribution in [2.75, 3.05) is 31.2 Å². The third-order valence-corrected chi connectivity index (χ3v) is 5.04. The van der Waals surface area contributed by atoms with Crippen LogP contribution in [0.2, 0.25) is 5.02 Å². The fourth-order valence-corrected chi connectivity index (χ4v) is 3.33. The zero-order valence-electron chi connectivity index (χ0n) is 17.7. The summed E-state index contributed by atoms with van der Waals surface area (Å²) in [7, 11) is 2.10. The van der Waals surface area contributed by atoms with E-state index in [2.05, 4.69) is 22.2 Å². The molecule has 0 radical (unpaired) electrons. The SMILES string of the molecule is CC.CN1CCC(Oc2ccc(N/C(=C(/N)C(N)=O)c3cc[nH]c3N)cc2Cl)CC1. The number of nitrogens with two attached hydrogens (primary N) is 3. The molecular weight excluding hydrogens is 404 g/mol. The van der Waals surface area contributed by atoms with Crippen LogP contribution in [-0.2, 0) is 4.79 Å². The zero-order valence-corrected chi connectivity index (χ0v) is 18.4. The van der Waals surface area contributed by atoms with E-state index in [1.165, 1.54) is 0 Å². The van der Waals surface area contributed by atoms with Gasteiger partial charge >= 0.3 is 0 Å². The van der Waals surface area contributed by atoms with Gasteiger partial charge in [-0.25, -0.2) is 0 Å². The van der Waals surface area contributed by atoms with Gasteiger partial charge < -0.3 is 37.1 Å². The summed E-state index contributed by atoms with van der Waals surface area (Å²) in [6.45, 7) is 6.00. The number of piperidine rings is 1. The van der Waals surface area contributed by atoms with Crippen molar-refractivity contribution in [1.82, 2.24) is 9.88 Å². The van der Waals surface area contributed by atoms with E-state index in [0.29, 0.717) is 33.5 Å². The third-order valence-electron chi connectivity index (χ3n) is 4.74. The molecule has 164 valence electrons. The number of primary amides is 1. The maximum atomic E-state index is 11.6. The first-order chi connectivity index (χ1) is 14.3. The van der Waals surface area contributed by atoms with Gasteiger partial charge in [0.25, 0.3) is 5.91 Å². The van der Waals surface area contributed by atoms with E-state index >= 15 is 0 Å². The highest BCUT2D eigenvalue weighted by Crippen LogP contribution is 2.32. The van der Waals surface area contributed by atoms with Crippen molar-refractivity contribution in [2.24, 2.45) is 11.5 Å². The second-order valence-electron chi connectivity index (χ2n) is 6.85. The summed E-state index contributed by atoms with van der Waals surface area (Å²) in [5.74, 6) is 0.229. The Morgan fingerprint density at radius 2 is 1.90 bits per heavy atom. The van der Waals surface area contributed by atoms with E-state index in [-0.39, 0.29) is 11.8 Å². The molecule has 30 heavy (non-hydrogen) atoms. The number of nitrogen functional groups attached to an aromatic ring is 1. The Hall–Kier alpha value is -2.84. The lowest BCUT2D eigenvalue weighted by atomic mass is 10.1. The molecule has 1 amide bonds. The summed E-state index contributed by atoms with van der Waals surface area (Å²) < 4.78 is 6.05. The maximum Gasteiger partial charge on any atom is 0.266 e. The van der Waals surface area contributed by atoms with E-state index in [0.717, 1.165) is 25.9 Å². The Kier molecular flexibility index (Phi) is 8.44. The fraction of sp³-hybridized carbons (Fsp3) is 0.381. The lowest BCUT2D eigenvalue weighted by Gasteiger charge is -2.29. The van der Waals surface area contributed by atoms with Gasteiger partial charge in [-0.3, -0.25) is 4.79 Å². The van der Waals surface area contributed by atoms with E-state index in [1.807, 2.05) is 13.8 Å². The topological polar surface area (TPSA) is 135 Å². The first kappa shape index (κ1) is 23.4. The molecule has 8 nitrogen and oxygen atoms in total. The number of hydrogen-bond donors (Lipinski definition) is 5. The molecule has 1 aliphatic rings. The Bertz CT molecular complexity index is 887. The van der Waals surface area contributed by atoms with Crippen LogP contribution in [0.15, 0.2) is 36.2 Å².